The maximum Gasteiger partial charge on any atom is 0.410 e. The highest BCUT2D eigenvalue weighted by Crippen LogP contribution is 2.29. The van der Waals surface area contributed by atoms with Crippen LogP contribution >= 0.6 is 11.6 Å². The van der Waals surface area contributed by atoms with Crippen LogP contribution in [0, 0.1) is 0 Å². The number of pyridine rings is 1. The lowest BCUT2D eigenvalue weighted by molar-refractivity contribution is 0.0286. The van der Waals surface area contributed by atoms with Crippen LogP contribution in [0.1, 0.15) is 46.2 Å². The van der Waals surface area contributed by atoms with E-state index in [0.29, 0.717) is 11.6 Å². The van der Waals surface area contributed by atoms with Crippen molar-refractivity contribution in [1.29, 1.82) is 0 Å². The lowest BCUT2D eigenvalue weighted by Crippen LogP contribution is -2.38. The highest BCUT2D eigenvalue weighted by atomic mass is 35.5. The van der Waals surface area contributed by atoms with Gasteiger partial charge < -0.3 is 14.5 Å². The molecule has 0 saturated heterocycles. The Hall–Kier alpha value is -2.64. The minimum atomic E-state index is -0.496. The van der Waals surface area contributed by atoms with Crippen molar-refractivity contribution in [1.82, 2.24) is 24.6 Å². The topological polar surface area (TPSA) is 63.5 Å². The van der Waals surface area contributed by atoms with Crippen LogP contribution < -0.4 is 0 Å². The third kappa shape index (κ3) is 6.45. The van der Waals surface area contributed by atoms with Gasteiger partial charge in [-0.3, -0.25) is 0 Å². The van der Waals surface area contributed by atoms with Crippen LogP contribution in [0.5, 0.6) is 0 Å². The largest absolute Gasteiger partial charge is 0.444 e. The van der Waals surface area contributed by atoms with E-state index in [1.165, 1.54) is 0 Å². The summed E-state index contributed by atoms with van der Waals surface area (Å²) in [6.07, 6.45) is 1.46. The van der Waals surface area contributed by atoms with Gasteiger partial charge in [0.15, 0.2) is 5.65 Å². The summed E-state index contributed by atoms with van der Waals surface area (Å²) in [5, 5.41) is 5.95. The SMILES string of the molecule is CC(C)n1ncc2c(Cl)cc(-c3cccc(CN(C)CCN(C)C(=O)OC(C)(C)C)c3)nc21. The molecule has 0 radical (unpaired) electrons. The molecule has 8 heteroatoms. The molecule has 1 aromatic carbocycles. The van der Waals surface area contributed by atoms with Crippen molar-refractivity contribution in [2.75, 3.05) is 27.2 Å². The Morgan fingerprint density at radius 2 is 1.91 bits per heavy atom. The number of hydrogen-bond acceptors (Lipinski definition) is 5. The Morgan fingerprint density at radius 1 is 1.18 bits per heavy atom. The third-order valence-electron chi connectivity index (χ3n) is 5.20. The molecule has 178 valence electrons. The van der Waals surface area contributed by atoms with E-state index in [1.54, 1.807) is 18.1 Å². The average Bonchev–Trinajstić information content (AvgIpc) is 3.16. The van der Waals surface area contributed by atoms with Crippen LogP contribution in [-0.4, -0.2) is 63.4 Å². The first-order chi connectivity index (χ1) is 15.4. The number of carbonyl (C=O) groups excluding carboxylic acids is 1. The highest BCUT2D eigenvalue weighted by Gasteiger charge is 2.19. The molecule has 2 heterocycles. The van der Waals surface area contributed by atoms with Crippen molar-refractivity contribution in [3.05, 3.63) is 47.1 Å². The second-order valence-electron chi connectivity index (χ2n) is 9.75. The summed E-state index contributed by atoms with van der Waals surface area (Å²) in [6.45, 7) is 11.8. The molecule has 0 unspecified atom stereocenters. The molecule has 0 fully saturated rings. The molecule has 0 saturated carbocycles. The van der Waals surface area contributed by atoms with Gasteiger partial charge in [-0.05, 0) is 59.4 Å². The molecule has 0 N–H and O–H groups in total. The standard InChI is InChI=1S/C25H34ClN5O2/c1-17(2)31-23-20(15-27-31)21(26)14-22(28-23)19-10-8-9-18(13-19)16-29(6)11-12-30(7)24(32)33-25(3,4)5/h8-10,13-15,17H,11-12,16H2,1-7H3. The van der Waals surface area contributed by atoms with Gasteiger partial charge in [0.05, 0.1) is 22.3 Å². The number of aromatic nitrogens is 3. The van der Waals surface area contributed by atoms with Crippen LogP contribution in [-0.2, 0) is 11.3 Å². The Morgan fingerprint density at radius 3 is 2.58 bits per heavy atom. The molecular formula is C25H34ClN5O2. The molecule has 0 bridgehead atoms. The third-order valence-corrected chi connectivity index (χ3v) is 5.52. The van der Waals surface area contributed by atoms with Crippen molar-refractivity contribution in [2.45, 2.75) is 52.8 Å². The number of carbonyl (C=O) groups is 1. The predicted molar refractivity (Wildman–Crippen MR) is 134 cm³/mol. The zero-order valence-electron chi connectivity index (χ0n) is 20.6. The van der Waals surface area contributed by atoms with Crippen LogP contribution in [0.3, 0.4) is 0 Å². The molecule has 33 heavy (non-hydrogen) atoms. The van der Waals surface area contributed by atoms with Gasteiger partial charge in [0.1, 0.15) is 5.60 Å². The molecule has 2 aromatic heterocycles. The van der Waals surface area contributed by atoms with Crippen molar-refractivity contribution in [3.8, 4) is 11.3 Å². The number of fused-ring (bicyclic) bond motifs is 1. The van der Waals surface area contributed by atoms with E-state index in [-0.39, 0.29) is 12.1 Å². The second-order valence-corrected chi connectivity index (χ2v) is 10.2. The van der Waals surface area contributed by atoms with E-state index < -0.39 is 5.60 Å². The Bertz CT molecular complexity index is 1120. The van der Waals surface area contributed by atoms with Gasteiger partial charge in [0.25, 0.3) is 0 Å². The van der Waals surface area contributed by atoms with Crippen LogP contribution in [0.4, 0.5) is 4.79 Å². The number of likely N-dealkylation sites (N-methyl/N-ethyl adjacent to an activating group) is 2. The minimum Gasteiger partial charge on any atom is -0.444 e. The molecule has 0 aliphatic heterocycles. The van der Waals surface area contributed by atoms with Gasteiger partial charge >= 0.3 is 6.09 Å². The smallest absolute Gasteiger partial charge is 0.410 e. The molecule has 3 rings (SSSR count). The fraction of sp³-hybridized carbons (Fsp3) is 0.480. The molecular weight excluding hydrogens is 438 g/mol. The monoisotopic (exact) mass is 471 g/mol. The van der Waals surface area contributed by atoms with Gasteiger partial charge in [-0.2, -0.15) is 5.10 Å². The van der Waals surface area contributed by atoms with Crippen LogP contribution in [0.2, 0.25) is 5.02 Å². The van der Waals surface area contributed by atoms with Crippen molar-refractivity contribution in [3.63, 3.8) is 0 Å². The predicted octanol–water partition coefficient (Wildman–Crippen LogP) is 5.63. The maximum atomic E-state index is 12.2. The summed E-state index contributed by atoms with van der Waals surface area (Å²) in [5.41, 5.74) is 3.28. The average molecular weight is 472 g/mol. The number of benzene rings is 1. The number of rotatable bonds is 7. The molecule has 3 aromatic rings. The number of hydrogen-bond donors (Lipinski definition) is 0. The molecule has 7 nitrogen and oxygen atoms in total. The van der Waals surface area contributed by atoms with Crippen molar-refractivity contribution in [2.24, 2.45) is 0 Å². The molecule has 0 aliphatic carbocycles. The fourth-order valence-electron chi connectivity index (χ4n) is 3.48. The van der Waals surface area contributed by atoms with Gasteiger partial charge in [-0.15, -0.1) is 0 Å². The summed E-state index contributed by atoms with van der Waals surface area (Å²) in [4.78, 5) is 20.8. The summed E-state index contributed by atoms with van der Waals surface area (Å²) in [7, 11) is 3.80. The number of amides is 1. The summed E-state index contributed by atoms with van der Waals surface area (Å²) in [6, 6.07) is 10.4. The number of ether oxygens (including phenoxy) is 1. The molecule has 0 spiro atoms. The second kappa shape index (κ2) is 10.1. The van der Waals surface area contributed by atoms with Crippen molar-refractivity contribution < 1.29 is 9.53 Å². The first-order valence-electron chi connectivity index (χ1n) is 11.2. The Kier molecular flexibility index (Phi) is 7.65. The van der Waals surface area contributed by atoms with E-state index >= 15 is 0 Å². The minimum absolute atomic E-state index is 0.195. The normalized spacial score (nSPS) is 12.1. The summed E-state index contributed by atoms with van der Waals surface area (Å²) >= 11 is 6.55. The zero-order chi connectivity index (χ0) is 24.3. The van der Waals surface area contributed by atoms with E-state index in [4.69, 9.17) is 21.3 Å². The Labute approximate surface area is 201 Å². The van der Waals surface area contributed by atoms with Gasteiger partial charge in [-0.1, -0.05) is 29.8 Å². The lowest BCUT2D eigenvalue weighted by Gasteiger charge is -2.26. The Balaban J connectivity index is 1.70. The van der Waals surface area contributed by atoms with Gasteiger partial charge in [0, 0.05) is 38.3 Å². The first kappa shape index (κ1) is 25.0. The van der Waals surface area contributed by atoms with E-state index in [9.17, 15) is 4.79 Å². The quantitative estimate of drug-likeness (QED) is 0.446. The first-order valence-corrected chi connectivity index (χ1v) is 11.6. The number of halogens is 1. The lowest BCUT2D eigenvalue weighted by atomic mass is 10.1. The molecule has 1 amide bonds. The highest BCUT2D eigenvalue weighted by molar-refractivity contribution is 6.35. The maximum absolute atomic E-state index is 12.2. The van der Waals surface area contributed by atoms with E-state index in [2.05, 4.69) is 36.0 Å². The zero-order valence-corrected chi connectivity index (χ0v) is 21.3. The van der Waals surface area contributed by atoms with Crippen LogP contribution in [0.25, 0.3) is 22.3 Å². The summed E-state index contributed by atoms with van der Waals surface area (Å²) < 4.78 is 7.31. The van der Waals surface area contributed by atoms with E-state index in [1.807, 2.05) is 50.7 Å². The fourth-order valence-corrected chi connectivity index (χ4v) is 3.71. The van der Waals surface area contributed by atoms with Crippen LogP contribution in [0.15, 0.2) is 36.5 Å². The number of nitrogens with zero attached hydrogens (tertiary/aromatic N) is 5. The van der Waals surface area contributed by atoms with Gasteiger partial charge in [-0.25, -0.2) is 14.5 Å². The van der Waals surface area contributed by atoms with Gasteiger partial charge in [0.2, 0.25) is 0 Å². The van der Waals surface area contributed by atoms with E-state index in [0.717, 1.165) is 40.9 Å². The van der Waals surface area contributed by atoms with Crippen molar-refractivity contribution >= 4 is 28.7 Å². The summed E-state index contributed by atoms with van der Waals surface area (Å²) in [5.74, 6) is 0. The molecule has 0 aliphatic rings. The molecule has 0 atom stereocenters.